The molecule has 0 bridgehead atoms. The number of hydrogen-bond donors (Lipinski definition) is 0. The first-order valence-corrected chi connectivity index (χ1v) is 7.10. The third kappa shape index (κ3) is 3.92. The maximum Gasteiger partial charge on any atom is 0.338 e. The van der Waals surface area contributed by atoms with E-state index in [1.54, 1.807) is 6.07 Å². The van der Waals surface area contributed by atoms with Crippen molar-refractivity contribution >= 4 is 27.7 Å². The van der Waals surface area contributed by atoms with Gasteiger partial charge in [0.15, 0.2) is 12.4 Å². The summed E-state index contributed by atoms with van der Waals surface area (Å²) >= 11 is 3.26. The Morgan fingerprint density at radius 3 is 2.55 bits per heavy atom. The molecule has 22 heavy (non-hydrogen) atoms. The summed E-state index contributed by atoms with van der Waals surface area (Å²) in [6.45, 7) is -0.452. The van der Waals surface area contributed by atoms with Gasteiger partial charge in [-0.2, -0.15) is 0 Å². The zero-order chi connectivity index (χ0) is 16.1. The van der Waals surface area contributed by atoms with Crippen LogP contribution in [0.4, 0.5) is 4.39 Å². The number of benzene rings is 2. The topological polar surface area (TPSA) is 52.6 Å². The summed E-state index contributed by atoms with van der Waals surface area (Å²) in [5.41, 5.74) is 0.434. The van der Waals surface area contributed by atoms with E-state index in [1.165, 1.54) is 37.4 Å². The number of methoxy groups -OCH3 is 1. The Morgan fingerprint density at radius 1 is 1.14 bits per heavy atom. The highest BCUT2D eigenvalue weighted by molar-refractivity contribution is 9.10. The molecule has 0 radical (unpaired) electrons. The summed E-state index contributed by atoms with van der Waals surface area (Å²) in [4.78, 5) is 23.7. The van der Waals surface area contributed by atoms with Gasteiger partial charge >= 0.3 is 5.97 Å². The second-order valence-corrected chi connectivity index (χ2v) is 5.21. The molecule has 114 valence electrons. The molecule has 4 nitrogen and oxygen atoms in total. The maximum absolute atomic E-state index is 13.0. The predicted molar refractivity (Wildman–Crippen MR) is 81.7 cm³/mol. The number of rotatable bonds is 5. The first-order chi connectivity index (χ1) is 10.5. The van der Waals surface area contributed by atoms with E-state index in [0.717, 1.165) is 6.07 Å². The van der Waals surface area contributed by atoms with E-state index >= 15 is 0 Å². The summed E-state index contributed by atoms with van der Waals surface area (Å²) in [5.74, 6) is -1.06. The van der Waals surface area contributed by atoms with Crippen molar-refractivity contribution in [2.45, 2.75) is 0 Å². The molecule has 6 heteroatoms. The van der Waals surface area contributed by atoms with Gasteiger partial charge in [-0.05, 0) is 46.3 Å². The zero-order valence-electron chi connectivity index (χ0n) is 11.6. The number of ether oxygens (including phenoxy) is 2. The number of carbonyl (C=O) groups is 2. The van der Waals surface area contributed by atoms with Crippen molar-refractivity contribution in [3.63, 3.8) is 0 Å². The van der Waals surface area contributed by atoms with Crippen LogP contribution in [-0.2, 0) is 4.74 Å². The van der Waals surface area contributed by atoms with Gasteiger partial charge in [0.25, 0.3) is 0 Å². The molecule has 0 atom stereocenters. The molecular formula is C16H12BrFO4. The second-order valence-electron chi connectivity index (χ2n) is 4.36. The van der Waals surface area contributed by atoms with E-state index in [-0.39, 0.29) is 11.1 Å². The molecule has 2 aromatic rings. The van der Waals surface area contributed by atoms with E-state index in [9.17, 15) is 14.0 Å². The SMILES string of the molecule is COc1ccc(C(=O)OCC(=O)c2cccc(F)c2)cc1Br. The van der Waals surface area contributed by atoms with E-state index in [2.05, 4.69) is 15.9 Å². The lowest BCUT2D eigenvalue weighted by Gasteiger charge is -2.07. The second kappa shape index (κ2) is 7.17. The summed E-state index contributed by atoms with van der Waals surface area (Å²) < 4.78 is 23.6. The molecule has 0 saturated carbocycles. The van der Waals surface area contributed by atoms with Crippen molar-refractivity contribution in [2.75, 3.05) is 13.7 Å². The third-order valence-electron chi connectivity index (χ3n) is 2.87. The van der Waals surface area contributed by atoms with Crippen LogP contribution in [0.5, 0.6) is 5.75 Å². The van der Waals surface area contributed by atoms with Crippen LogP contribution in [-0.4, -0.2) is 25.5 Å². The fraction of sp³-hybridized carbons (Fsp3) is 0.125. The van der Waals surface area contributed by atoms with Gasteiger partial charge < -0.3 is 9.47 Å². The monoisotopic (exact) mass is 366 g/mol. The van der Waals surface area contributed by atoms with Gasteiger partial charge in [0, 0.05) is 5.56 Å². The van der Waals surface area contributed by atoms with Gasteiger partial charge in [-0.1, -0.05) is 12.1 Å². The molecule has 0 aliphatic carbocycles. The first-order valence-electron chi connectivity index (χ1n) is 6.30. The summed E-state index contributed by atoms with van der Waals surface area (Å²) in [7, 11) is 1.51. The molecule has 0 saturated heterocycles. The minimum atomic E-state index is -0.645. The van der Waals surface area contributed by atoms with Gasteiger partial charge in [-0.3, -0.25) is 4.79 Å². The van der Waals surface area contributed by atoms with E-state index in [1.807, 2.05) is 0 Å². The van der Waals surface area contributed by atoms with E-state index in [4.69, 9.17) is 9.47 Å². The molecule has 2 aromatic carbocycles. The van der Waals surface area contributed by atoms with E-state index in [0.29, 0.717) is 10.2 Å². The summed E-state index contributed by atoms with van der Waals surface area (Å²) in [5, 5.41) is 0. The molecule has 0 spiro atoms. The molecule has 2 rings (SSSR count). The van der Waals surface area contributed by atoms with Crippen molar-refractivity contribution in [2.24, 2.45) is 0 Å². The normalized spacial score (nSPS) is 10.1. The fourth-order valence-electron chi connectivity index (χ4n) is 1.75. The van der Waals surface area contributed by atoms with Gasteiger partial charge in [0.05, 0.1) is 17.1 Å². The van der Waals surface area contributed by atoms with Crippen molar-refractivity contribution in [3.05, 3.63) is 63.9 Å². The van der Waals surface area contributed by atoms with E-state index < -0.39 is 24.2 Å². The summed E-state index contributed by atoms with van der Waals surface area (Å²) in [6.07, 6.45) is 0. The molecular weight excluding hydrogens is 355 g/mol. The number of carbonyl (C=O) groups excluding carboxylic acids is 2. The third-order valence-corrected chi connectivity index (χ3v) is 3.49. The lowest BCUT2D eigenvalue weighted by Crippen LogP contribution is -2.14. The van der Waals surface area contributed by atoms with Crippen molar-refractivity contribution < 1.29 is 23.5 Å². The number of Topliss-reactive ketones (excluding diaryl/α,β-unsaturated/α-hetero) is 1. The highest BCUT2D eigenvalue weighted by atomic mass is 79.9. The van der Waals surface area contributed by atoms with Crippen molar-refractivity contribution in [1.82, 2.24) is 0 Å². The minimum absolute atomic E-state index is 0.156. The standard InChI is InChI=1S/C16H12BrFO4/c1-21-15-6-5-11(8-13(15)17)16(20)22-9-14(19)10-3-2-4-12(18)7-10/h2-8H,9H2,1H3. The molecule has 0 aliphatic heterocycles. The van der Waals surface area contributed by atoms with Crippen LogP contribution in [0.15, 0.2) is 46.9 Å². The molecule has 0 heterocycles. The van der Waals surface area contributed by atoms with Gasteiger partial charge in [-0.25, -0.2) is 9.18 Å². The smallest absolute Gasteiger partial charge is 0.338 e. The highest BCUT2D eigenvalue weighted by Gasteiger charge is 2.13. The molecule has 0 aromatic heterocycles. The predicted octanol–water partition coefficient (Wildman–Crippen LogP) is 3.64. The Kier molecular flexibility index (Phi) is 5.27. The van der Waals surface area contributed by atoms with Gasteiger partial charge in [0.1, 0.15) is 11.6 Å². The van der Waals surface area contributed by atoms with Gasteiger partial charge in [0.2, 0.25) is 0 Å². The van der Waals surface area contributed by atoms with Crippen molar-refractivity contribution in [3.8, 4) is 5.75 Å². The van der Waals surface area contributed by atoms with Crippen LogP contribution in [0, 0.1) is 5.82 Å². The fourth-order valence-corrected chi connectivity index (χ4v) is 2.29. The van der Waals surface area contributed by atoms with Crippen LogP contribution in [0.1, 0.15) is 20.7 Å². The minimum Gasteiger partial charge on any atom is -0.496 e. The van der Waals surface area contributed by atoms with Gasteiger partial charge in [-0.15, -0.1) is 0 Å². The maximum atomic E-state index is 13.0. The average Bonchev–Trinajstić information content (AvgIpc) is 2.52. The Morgan fingerprint density at radius 2 is 1.91 bits per heavy atom. The van der Waals surface area contributed by atoms with Crippen molar-refractivity contribution in [1.29, 1.82) is 0 Å². The number of halogens is 2. The Balaban J connectivity index is 2.00. The molecule has 0 N–H and O–H groups in total. The lowest BCUT2D eigenvalue weighted by molar-refractivity contribution is 0.0474. The molecule has 0 unspecified atom stereocenters. The quantitative estimate of drug-likeness (QED) is 0.598. The van der Waals surface area contributed by atoms with Crippen LogP contribution in [0.3, 0.4) is 0 Å². The van der Waals surface area contributed by atoms with Crippen LogP contribution in [0.2, 0.25) is 0 Å². The largest absolute Gasteiger partial charge is 0.496 e. The van der Waals surface area contributed by atoms with Crippen LogP contribution >= 0.6 is 15.9 Å². The first kappa shape index (κ1) is 16.2. The number of hydrogen-bond acceptors (Lipinski definition) is 4. The Hall–Kier alpha value is -2.21. The van der Waals surface area contributed by atoms with Crippen LogP contribution < -0.4 is 4.74 Å². The average molecular weight is 367 g/mol. The molecule has 0 aliphatic rings. The van der Waals surface area contributed by atoms with Crippen LogP contribution in [0.25, 0.3) is 0 Å². The Labute approximate surface area is 135 Å². The highest BCUT2D eigenvalue weighted by Crippen LogP contribution is 2.25. The number of ketones is 1. The molecule has 0 amide bonds. The zero-order valence-corrected chi connectivity index (χ0v) is 13.2. The Bertz CT molecular complexity index is 715. The lowest BCUT2D eigenvalue weighted by atomic mass is 10.1. The number of esters is 1. The summed E-state index contributed by atoms with van der Waals surface area (Å²) in [6, 6.07) is 9.88. The molecule has 0 fully saturated rings.